The lowest BCUT2D eigenvalue weighted by atomic mass is 9.81. The molecule has 0 spiro atoms. The number of anilines is 3. The van der Waals surface area contributed by atoms with Crippen LogP contribution in [0.15, 0.2) is 36.7 Å². The smallest absolute Gasteiger partial charge is 0.177 e. The fraction of sp³-hybridized carbons (Fsp3) is 0.400. The molecule has 4 rings (SSSR count). The maximum absolute atomic E-state index is 6.39. The van der Waals surface area contributed by atoms with E-state index in [-0.39, 0.29) is 0 Å². The van der Waals surface area contributed by atoms with Crippen LogP contribution in [0.3, 0.4) is 0 Å². The zero-order chi connectivity index (χ0) is 18.1. The number of nitrogens with two attached hydrogens (primary N) is 2. The highest BCUT2D eigenvalue weighted by Gasteiger charge is 2.27. The number of benzene rings is 1. The third-order valence-electron chi connectivity index (χ3n) is 5.39. The van der Waals surface area contributed by atoms with E-state index in [2.05, 4.69) is 46.6 Å². The molecule has 0 bridgehead atoms. The molecule has 1 fully saturated rings. The van der Waals surface area contributed by atoms with Gasteiger partial charge in [-0.25, -0.2) is 9.50 Å². The summed E-state index contributed by atoms with van der Waals surface area (Å²) in [6.07, 6.45) is 8.71. The van der Waals surface area contributed by atoms with Gasteiger partial charge in [0.15, 0.2) is 5.65 Å². The number of aromatic nitrogens is 3. The van der Waals surface area contributed by atoms with E-state index >= 15 is 0 Å². The molecule has 2 heterocycles. The van der Waals surface area contributed by atoms with Crippen molar-refractivity contribution in [1.29, 1.82) is 0 Å². The molecule has 0 radical (unpaired) electrons. The zero-order valence-electron chi connectivity index (χ0n) is 15.2. The summed E-state index contributed by atoms with van der Waals surface area (Å²) in [7, 11) is 0. The van der Waals surface area contributed by atoms with Crippen LogP contribution in [0.4, 0.5) is 17.2 Å². The minimum absolute atomic E-state index is 0.299. The van der Waals surface area contributed by atoms with Gasteiger partial charge in [0.05, 0.1) is 5.69 Å². The molecule has 0 saturated heterocycles. The standard InChI is InChI=1S/C20H26N6/c1-2-13-4-3-5-16(12-13)24-18-17(14-6-8-15(21)9-7-14)19(22)25-26-11-10-23-20(18)26/h3-5,10-12,14-15,24H,2,6-9,21H2,1H3,(H2,22,25). The fourth-order valence-corrected chi connectivity index (χ4v) is 3.93. The first-order valence-corrected chi connectivity index (χ1v) is 9.40. The van der Waals surface area contributed by atoms with Gasteiger partial charge in [0, 0.05) is 29.7 Å². The summed E-state index contributed by atoms with van der Waals surface area (Å²) in [5, 5.41) is 8.12. The molecule has 26 heavy (non-hydrogen) atoms. The summed E-state index contributed by atoms with van der Waals surface area (Å²) in [6, 6.07) is 8.77. The van der Waals surface area contributed by atoms with Crippen molar-refractivity contribution in [3.05, 3.63) is 47.8 Å². The summed E-state index contributed by atoms with van der Waals surface area (Å²) in [4.78, 5) is 4.53. The second-order valence-corrected chi connectivity index (χ2v) is 7.16. The number of imidazole rings is 1. The predicted molar refractivity (Wildman–Crippen MR) is 106 cm³/mol. The third-order valence-corrected chi connectivity index (χ3v) is 5.39. The Hall–Kier alpha value is -2.60. The molecule has 6 nitrogen and oxygen atoms in total. The molecular formula is C20H26N6. The van der Waals surface area contributed by atoms with Crippen LogP contribution in [0.2, 0.25) is 0 Å². The van der Waals surface area contributed by atoms with Gasteiger partial charge in [-0.15, -0.1) is 5.10 Å². The van der Waals surface area contributed by atoms with Gasteiger partial charge >= 0.3 is 0 Å². The van der Waals surface area contributed by atoms with E-state index in [0.29, 0.717) is 17.8 Å². The minimum atomic E-state index is 0.299. The van der Waals surface area contributed by atoms with Gasteiger partial charge in [0.1, 0.15) is 5.82 Å². The van der Waals surface area contributed by atoms with Crippen molar-refractivity contribution in [2.24, 2.45) is 5.73 Å². The second kappa shape index (κ2) is 6.96. The van der Waals surface area contributed by atoms with Crippen LogP contribution in [0.1, 0.15) is 49.7 Å². The maximum atomic E-state index is 6.39. The summed E-state index contributed by atoms with van der Waals surface area (Å²) in [6.45, 7) is 2.16. The minimum Gasteiger partial charge on any atom is -0.382 e. The Labute approximate surface area is 153 Å². The van der Waals surface area contributed by atoms with Crippen molar-refractivity contribution >= 4 is 22.8 Å². The van der Waals surface area contributed by atoms with Gasteiger partial charge < -0.3 is 16.8 Å². The van der Waals surface area contributed by atoms with Crippen molar-refractivity contribution in [2.75, 3.05) is 11.1 Å². The topological polar surface area (TPSA) is 94.3 Å². The van der Waals surface area contributed by atoms with E-state index in [4.69, 9.17) is 11.5 Å². The van der Waals surface area contributed by atoms with Crippen molar-refractivity contribution in [3.63, 3.8) is 0 Å². The average molecular weight is 350 g/mol. The van der Waals surface area contributed by atoms with E-state index in [1.807, 2.05) is 6.20 Å². The number of aryl methyl sites for hydroxylation is 1. The SMILES string of the molecule is CCc1cccc(Nc2c(C3CCC(N)CC3)c(N)nn3ccnc23)c1. The molecule has 5 N–H and O–H groups in total. The number of nitrogens with one attached hydrogen (secondary N) is 1. The average Bonchev–Trinajstić information content (AvgIpc) is 3.11. The Morgan fingerprint density at radius 1 is 1.23 bits per heavy atom. The lowest BCUT2D eigenvalue weighted by Crippen LogP contribution is -2.26. The van der Waals surface area contributed by atoms with Gasteiger partial charge in [0.2, 0.25) is 0 Å². The number of nitrogens with zero attached hydrogens (tertiary/aromatic N) is 3. The number of hydrogen-bond donors (Lipinski definition) is 3. The largest absolute Gasteiger partial charge is 0.382 e. The molecule has 3 aromatic rings. The van der Waals surface area contributed by atoms with Crippen molar-refractivity contribution < 1.29 is 0 Å². The molecule has 0 atom stereocenters. The van der Waals surface area contributed by atoms with Gasteiger partial charge in [-0.3, -0.25) is 0 Å². The van der Waals surface area contributed by atoms with E-state index in [0.717, 1.165) is 54.7 Å². The van der Waals surface area contributed by atoms with Crippen LogP contribution >= 0.6 is 0 Å². The molecule has 1 aromatic carbocycles. The summed E-state index contributed by atoms with van der Waals surface area (Å²) < 4.78 is 1.75. The number of nitrogen functional groups attached to an aromatic ring is 1. The van der Waals surface area contributed by atoms with Crippen molar-refractivity contribution in [2.45, 2.75) is 51.0 Å². The van der Waals surface area contributed by atoms with Crippen LogP contribution < -0.4 is 16.8 Å². The van der Waals surface area contributed by atoms with Gasteiger partial charge in [-0.05, 0) is 55.7 Å². The summed E-state index contributed by atoms with van der Waals surface area (Å²) in [5.74, 6) is 0.936. The maximum Gasteiger partial charge on any atom is 0.177 e. The van der Waals surface area contributed by atoms with Crippen LogP contribution in [-0.2, 0) is 6.42 Å². The van der Waals surface area contributed by atoms with E-state index in [9.17, 15) is 0 Å². The van der Waals surface area contributed by atoms with Crippen LogP contribution in [-0.4, -0.2) is 20.6 Å². The van der Waals surface area contributed by atoms with Crippen LogP contribution in [0.25, 0.3) is 5.65 Å². The first kappa shape index (κ1) is 16.8. The van der Waals surface area contributed by atoms with E-state index in [1.54, 1.807) is 10.7 Å². The quantitative estimate of drug-likeness (QED) is 0.668. The fourth-order valence-electron chi connectivity index (χ4n) is 3.93. The molecule has 0 aliphatic heterocycles. The van der Waals surface area contributed by atoms with E-state index in [1.165, 1.54) is 5.56 Å². The number of fused-ring (bicyclic) bond motifs is 1. The Kier molecular flexibility index (Phi) is 4.51. The van der Waals surface area contributed by atoms with Gasteiger partial charge in [0.25, 0.3) is 0 Å². The Bertz CT molecular complexity index is 908. The molecule has 1 aliphatic carbocycles. The second-order valence-electron chi connectivity index (χ2n) is 7.16. The number of rotatable bonds is 4. The molecule has 136 valence electrons. The predicted octanol–water partition coefficient (Wildman–Crippen LogP) is 3.60. The molecule has 0 amide bonds. The van der Waals surface area contributed by atoms with Crippen LogP contribution in [0, 0.1) is 0 Å². The van der Waals surface area contributed by atoms with Gasteiger partial charge in [-0.2, -0.15) is 0 Å². The highest BCUT2D eigenvalue weighted by molar-refractivity contribution is 5.80. The zero-order valence-corrected chi connectivity index (χ0v) is 15.2. The van der Waals surface area contributed by atoms with Crippen LogP contribution in [0.5, 0.6) is 0 Å². The van der Waals surface area contributed by atoms with Gasteiger partial charge in [-0.1, -0.05) is 19.1 Å². The number of hydrogen-bond acceptors (Lipinski definition) is 5. The Morgan fingerprint density at radius 2 is 2.04 bits per heavy atom. The molecule has 1 aliphatic rings. The van der Waals surface area contributed by atoms with Crippen molar-refractivity contribution in [1.82, 2.24) is 14.6 Å². The highest BCUT2D eigenvalue weighted by atomic mass is 15.3. The Morgan fingerprint density at radius 3 is 2.81 bits per heavy atom. The summed E-state index contributed by atoms with van der Waals surface area (Å²) in [5.41, 5.74) is 17.7. The normalized spacial score (nSPS) is 20.4. The first-order valence-electron chi connectivity index (χ1n) is 9.40. The molecule has 1 saturated carbocycles. The van der Waals surface area contributed by atoms with Crippen molar-refractivity contribution in [3.8, 4) is 0 Å². The third kappa shape index (κ3) is 3.12. The highest BCUT2D eigenvalue weighted by Crippen LogP contribution is 2.41. The monoisotopic (exact) mass is 350 g/mol. The lowest BCUT2D eigenvalue weighted by Gasteiger charge is -2.28. The molecule has 2 aromatic heterocycles. The Balaban J connectivity index is 1.80. The molecule has 6 heteroatoms. The molecular weight excluding hydrogens is 324 g/mol. The molecule has 0 unspecified atom stereocenters. The first-order chi connectivity index (χ1) is 12.7. The summed E-state index contributed by atoms with van der Waals surface area (Å²) >= 11 is 0. The van der Waals surface area contributed by atoms with E-state index < -0.39 is 0 Å². The lowest BCUT2D eigenvalue weighted by molar-refractivity contribution is 0.396.